The van der Waals surface area contributed by atoms with E-state index in [1.54, 1.807) is 24.3 Å². The number of carbonyl (C=O) groups excluding carboxylic acids is 1. The summed E-state index contributed by atoms with van der Waals surface area (Å²) in [5.74, 6) is 0.158. The predicted octanol–water partition coefficient (Wildman–Crippen LogP) is 6.84. The van der Waals surface area contributed by atoms with Crippen LogP contribution in [0.2, 0.25) is 0 Å². The van der Waals surface area contributed by atoms with E-state index in [1.165, 1.54) is 48.9 Å². The summed E-state index contributed by atoms with van der Waals surface area (Å²) < 4.78 is 42.5. The van der Waals surface area contributed by atoms with Crippen molar-refractivity contribution >= 4 is 45.0 Å². The van der Waals surface area contributed by atoms with Gasteiger partial charge < -0.3 is 19.5 Å². The van der Waals surface area contributed by atoms with Gasteiger partial charge in [-0.15, -0.1) is 0 Å². The van der Waals surface area contributed by atoms with E-state index in [0.29, 0.717) is 11.5 Å². The summed E-state index contributed by atoms with van der Waals surface area (Å²) in [6.45, 7) is 3.91. The lowest BCUT2D eigenvalue weighted by Gasteiger charge is -2.15. The Morgan fingerprint density at radius 1 is 0.769 bits per heavy atom. The van der Waals surface area contributed by atoms with Crippen LogP contribution in [0, 0.1) is 13.8 Å². The molecule has 0 spiro atoms. The molecule has 0 radical (unpaired) electrons. The third-order valence-electron chi connectivity index (χ3n) is 5.77. The minimum absolute atomic E-state index is 0.0207. The number of carbonyl (C=O) groups is 1. The van der Waals surface area contributed by atoms with E-state index < -0.39 is 16.0 Å². The molecule has 0 atom stereocenters. The van der Waals surface area contributed by atoms with Crippen LogP contribution in [0.4, 0.5) is 17.1 Å². The Bertz CT molecular complexity index is 1570. The number of rotatable bonds is 10. The molecule has 0 heterocycles. The smallest absolute Gasteiger partial charge is 0.340 e. The van der Waals surface area contributed by atoms with Gasteiger partial charge in [-0.2, -0.15) is 0 Å². The van der Waals surface area contributed by atoms with E-state index >= 15 is 0 Å². The Labute approximate surface area is 232 Å². The van der Waals surface area contributed by atoms with Gasteiger partial charge in [-0.25, -0.2) is 13.2 Å². The normalized spacial score (nSPS) is 11.0. The molecule has 0 aliphatic heterocycles. The van der Waals surface area contributed by atoms with Crippen LogP contribution in [0.5, 0.6) is 11.5 Å². The summed E-state index contributed by atoms with van der Waals surface area (Å²) >= 11 is 1.50. The third-order valence-corrected chi connectivity index (χ3v) is 7.98. The number of methoxy groups -OCH3 is 1. The Morgan fingerprint density at radius 3 is 1.97 bits per heavy atom. The molecule has 4 aromatic carbocycles. The van der Waals surface area contributed by atoms with Crippen molar-refractivity contribution in [1.29, 1.82) is 0 Å². The van der Waals surface area contributed by atoms with E-state index in [0.717, 1.165) is 21.8 Å². The van der Waals surface area contributed by atoms with Crippen LogP contribution in [-0.2, 0) is 14.8 Å². The number of ether oxygens (including phenoxy) is 2. The molecule has 0 saturated carbocycles. The molecule has 0 aromatic heterocycles. The fourth-order valence-electron chi connectivity index (χ4n) is 3.61. The maximum absolute atomic E-state index is 12.9. The lowest BCUT2D eigenvalue weighted by molar-refractivity contribution is 0.0601. The highest BCUT2D eigenvalue weighted by molar-refractivity contribution is 8.00. The van der Waals surface area contributed by atoms with Gasteiger partial charge in [-0.1, -0.05) is 35.4 Å². The quantitative estimate of drug-likeness (QED) is 0.142. The summed E-state index contributed by atoms with van der Waals surface area (Å²) in [4.78, 5) is 13.7. The molecule has 0 fully saturated rings. The minimum Gasteiger partial charge on any atom is -0.465 e. The van der Waals surface area contributed by atoms with Crippen molar-refractivity contribution in [3.63, 3.8) is 0 Å². The highest BCUT2D eigenvalue weighted by Gasteiger charge is 2.20. The average molecular weight is 564 g/mol. The van der Waals surface area contributed by atoms with Crippen molar-refractivity contribution in [2.24, 2.45) is 0 Å². The maximum atomic E-state index is 12.9. The van der Waals surface area contributed by atoms with Crippen molar-refractivity contribution in [1.82, 2.24) is 0 Å². The number of hydrogen-bond donors (Lipinski definition) is 3. The van der Waals surface area contributed by atoms with Crippen LogP contribution in [0.1, 0.15) is 21.5 Å². The summed E-state index contributed by atoms with van der Waals surface area (Å²) in [5.41, 5.74) is 3.91. The second-order valence-electron chi connectivity index (χ2n) is 8.69. The van der Waals surface area contributed by atoms with E-state index in [4.69, 9.17) is 9.47 Å². The molecule has 0 unspecified atom stereocenters. The number of sulfonamides is 1. The molecule has 39 heavy (non-hydrogen) atoms. The first-order valence-corrected chi connectivity index (χ1v) is 14.3. The summed E-state index contributed by atoms with van der Waals surface area (Å²) in [5, 5.41) is 3.15. The Hall–Kier alpha value is -4.15. The topological polar surface area (TPSA) is 106 Å². The molecule has 0 bridgehead atoms. The number of hydrogen-bond acceptors (Lipinski definition) is 8. The van der Waals surface area contributed by atoms with Crippen LogP contribution in [-0.4, -0.2) is 28.5 Å². The summed E-state index contributed by atoms with van der Waals surface area (Å²) in [6, 6.07) is 24.6. The molecule has 3 N–H and O–H groups in total. The second-order valence-corrected chi connectivity index (χ2v) is 11.3. The van der Waals surface area contributed by atoms with Gasteiger partial charge >= 0.3 is 5.97 Å². The van der Waals surface area contributed by atoms with Crippen LogP contribution in [0.3, 0.4) is 0 Å². The average Bonchev–Trinajstić information content (AvgIpc) is 2.93. The zero-order valence-electron chi connectivity index (χ0n) is 21.9. The first kappa shape index (κ1) is 27.9. The Kier molecular flexibility index (Phi) is 8.68. The summed E-state index contributed by atoms with van der Waals surface area (Å²) in [6.07, 6.45) is 0. The Balaban J connectivity index is 1.54. The number of benzene rings is 4. The van der Waals surface area contributed by atoms with Crippen LogP contribution >= 0.6 is 11.9 Å². The van der Waals surface area contributed by atoms with Gasteiger partial charge in [0.1, 0.15) is 11.5 Å². The largest absolute Gasteiger partial charge is 0.465 e. The van der Waals surface area contributed by atoms with Crippen molar-refractivity contribution in [3.05, 3.63) is 102 Å². The monoisotopic (exact) mass is 563 g/mol. The minimum atomic E-state index is -3.92. The van der Waals surface area contributed by atoms with Crippen molar-refractivity contribution in [2.45, 2.75) is 23.6 Å². The molecule has 4 aromatic rings. The second kappa shape index (κ2) is 12.1. The van der Waals surface area contributed by atoms with Gasteiger partial charge in [0, 0.05) is 18.0 Å². The van der Waals surface area contributed by atoms with Gasteiger partial charge in [0.05, 0.1) is 34.6 Å². The SMILES string of the molecule is CNc1cc(Oc2ccc(NS(=O)(=O)c3ccc(C)cc3)c(C(=O)OC)c2)ccc1NSc1ccc(C)cc1. The number of aryl methyl sites for hydroxylation is 2. The van der Waals surface area contributed by atoms with Gasteiger partial charge in [0.25, 0.3) is 10.0 Å². The molecule has 10 heteroatoms. The van der Waals surface area contributed by atoms with Gasteiger partial charge in [-0.3, -0.25) is 4.72 Å². The molecule has 0 saturated heterocycles. The van der Waals surface area contributed by atoms with Gasteiger partial charge in [-0.05, 0) is 80.4 Å². The van der Waals surface area contributed by atoms with Crippen LogP contribution in [0.25, 0.3) is 0 Å². The molecule has 0 amide bonds. The fourth-order valence-corrected chi connectivity index (χ4v) is 5.37. The molecular formula is C29H29N3O5S2. The molecular weight excluding hydrogens is 534 g/mol. The number of esters is 1. The van der Waals surface area contributed by atoms with E-state index in [2.05, 4.69) is 26.9 Å². The first-order chi connectivity index (χ1) is 18.7. The number of nitrogens with one attached hydrogen (secondary N) is 3. The molecule has 0 aliphatic carbocycles. The highest BCUT2D eigenvalue weighted by Crippen LogP contribution is 2.34. The molecule has 4 rings (SSSR count). The van der Waals surface area contributed by atoms with Crippen LogP contribution < -0.4 is 19.5 Å². The maximum Gasteiger partial charge on any atom is 0.340 e. The van der Waals surface area contributed by atoms with Crippen molar-refractivity contribution < 1.29 is 22.7 Å². The van der Waals surface area contributed by atoms with E-state index in [9.17, 15) is 13.2 Å². The molecule has 8 nitrogen and oxygen atoms in total. The first-order valence-electron chi connectivity index (χ1n) is 12.0. The van der Waals surface area contributed by atoms with E-state index in [1.807, 2.05) is 45.2 Å². The Morgan fingerprint density at radius 2 is 1.36 bits per heavy atom. The van der Waals surface area contributed by atoms with Gasteiger partial charge in [0.2, 0.25) is 0 Å². The van der Waals surface area contributed by atoms with Crippen molar-refractivity contribution in [2.75, 3.05) is 28.9 Å². The summed E-state index contributed by atoms with van der Waals surface area (Å²) in [7, 11) is -0.883. The van der Waals surface area contributed by atoms with E-state index in [-0.39, 0.29) is 16.1 Å². The third kappa shape index (κ3) is 7.04. The lowest BCUT2D eigenvalue weighted by atomic mass is 10.1. The fraction of sp³-hybridized carbons (Fsp3) is 0.138. The van der Waals surface area contributed by atoms with Gasteiger partial charge in [0.15, 0.2) is 0 Å². The zero-order chi connectivity index (χ0) is 28.0. The standard InChI is InChI=1S/C29H29N3O5S2/c1-19-5-11-23(12-6-19)38-31-27-16-10-22(18-28(27)30-3)37-21-9-15-26(25(17-21)29(33)36-4)32-39(34,35)24-13-7-20(2)8-14-24/h5-18,30-32H,1-4H3. The highest BCUT2D eigenvalue weighted by atomic mass is 32.2. The predicted molar refractivity (Wildman–Crippen MR) is 156 cm³/mol. The van der Waals surface area contributed by atoms with Crippen molar-refractivity contribution in [3.8, 4) is 11.5 Å². The molecule has 202 valence electrons. The lowest BCUT2D eigenvalue weighted by Crippen LogP contribution is -2.16. The van der Waals surface area contributed by atoms with Crippen LogP contribution in [0.15, 0.2) is 94.7 Å². The zero-order valence-corrected chi connectivity index (χ0v) is 23.6. The molecule has 0 aliphatic rings. The number of anilines is 3.